The number of oxime groups is 1. The highest BCUT2D eigenvalue weighted by Gasteiger charge is 2.22. The summed E-state index contributed by atoms with van der Waals surface area (Å²) in [5.74, 6) is 0.306. The molecule has 3 unspecified atom stereocenters. The molecule has 1 saturated heterocycles. The lowest BCUT2D eigenvalue weighted by Gasteiger charge is -2.21. The first-order valence-corrected chi connectivity index (χ1v) is 5.47. The molecule has 1 aliphatic heterocycles. The van der Waals surface area contributed by atoms with Crippen LogP contribution in [0, 0.1) is 5.92 Å². The van der Waals surface area contributed by atoms with Crippen LogP contribution in [0.1, 0.15) is 26.7 Å². The summed E-state index contributed by atoms with van der Waals surface area (Å²) >= 11 is 0. The molecule has 0 amide bonds. The number of hydrogen-bond donors (Lipinski definition) is 3. The van der Waals surface area contributed by atoms with Gasteiger partial charge in [-0.25, -0.2) is 0 Å². The molecule has 0 aliphatic carbocycles. The van der Waals surface area contributed by atoms with Crippen molar-refractivity contribution < 1.29 is 9.94 Å². The Balaban J connectivity index is 2.23. The van der Waals surface area contributed by atoms with Crippen molar-refractivity contribution in [3.8, 4) is 0 Å². The van der Waals surface area contributed by atoms with Gasteiger partial charge in [-0.2, -0.15) is 0 Å². The average Bonchev–Trinajstić information content (AvgIpc) is 2.77. The first-order valence-electron chi connectivity index (χ1n) is 5.47. The van der Waals surface area contributed by atoms with Crippen molar-refractivity contribution in [2.24, 2.45) is 16.8 Å². The van der Waals surface area contributed by atoms with Gasteiger partial charge >= 0.3 is 0 Å². The molecule has 0 bridgehead atoms. The second-order valence-corrected chi connectivity index (χ2v) is 4.17. The molecule has 0 radical (unpaired) electrons. The van der Waals surface area contributed by atoms with Crippen molar-refractivity contribution >= 4 is 5.84 Å². The summed E-state index contributed by atoms with van der Waals surface area (Å²) in [5.41, 5.74) is 5.48. The zero-order chi connectivity index (χ0) is 11.3. The highest BCUT2D eigenvalue weighted by Crippen LogP contribution is 2.15. The predicted molar refractivity (Wildman–Crippen MR) is 59.0 cm³/mol. The molecule has 0 spiro atoms. The minimum atomic E-state index is 0.0406. The minimum Gasteiger partial charge on any atom is -0.409 e. The first-order chi connectivity index (χ1) is 7.15. The molecule has 1 rings (SSSR count). The molecule has 1 heterocycles. The third kappa shape index (κ3) is 3.68. The van der Waals surface area contributed by atoms with Crippen LogP contribution >= 0.6 is 0 Å². The van der Waals surface area contributed by atoms with Crippen molar-refractivity contribution in [1.29, 1.82) is 0 Å². The maximum Gasteiger partial charge on any atom is 0.143 e. The van der Waals surface area contributed by atoms with Crippen molar-refractivity contribution in [2.45, 2.75) is 38.8 Å². The molecule has 5 heteroatoms. The van der Waals surface area contributed by atoms with Crippen LogP contribution in [0.3, 0.4) is 0 Å². The smallest absolute Gasteiger partial charge is 0.143 e. The van der Waals surface area contributed by atoms with Crippen LogP contribution in [-0.2, 0) is 4.74 Å². The molecule has 88 valence electrons. The fourth-order valence-electron chi connectivity index (χ4n) is 1.69. The first kappa shape index (κ1) is 12.3. The Kier molecular flexibility index (Phi) is 4.84. The van der Waals surface area contributed by atoms with Gasteiger partial charge < -0.3 is 21.0 Å². The number of nitrogens with one attached hydrogen (secondary N) is 1. The molecule has 15 heavy (non-hydrogen) atoms. The van der Waals surface area contributed by atoms with Gasteiger partial charge in [0.15, 0.2) is 0 Å². The summed E-state index contributed by atoms with van der Waals surface area (Å²) in [6, 6.07) is 0.321. The van der Waals surface area contributed by atoms with E-state index in [0.717, 1.165) is 19.4 Å². The SMILES string of the molecule is CC(CNC(C)C1CCCO1)C(N)=NO. The molecule has 0 aromatic heterocycles. The molecule has 1 fully saturated rings. The van der Waals surface area contributed by atoms with E-state index in [2.05, 4.69) is 17.4 Å². The van der Waals surface area contributed by atoms with Crippen LogP contribution < -0.4 is 11.1 Å². The monoisotopic (exact) mass is 215 g/mol. The Labute approximate surface area is 90.7 Å². The Hall–Kier alpha value is -0.810. The summed E-state index contributed by atoms with van der Waals surface area (Å²) in [5, 5.41) is 14.8. The maximum absolute atomic E-state index is 8.49. The number of ether oxygens (including phenoxy) is 1. The lowest BCUT2D eigenvalue weighted by molar-refractivity contribution is 0.0832. The van der Waals surface area contributed by atoms with Crippen molar-refractivity contribution in [2.75, 3.05) is 13.2 Å². The zero-order valence-corrected chi connectivity index (χ0v) is 9.44. The second kappa shape index (κ2) is 5.92. The summed E-state index contributed by atoms with van der Waals surface area (Å²) in [6.45, 7) is 5.60. The Morgan fingerprint density at radius 2 is 2.40 bits per heavy atom. The van der Waals surface area contributed by atoms with E-state index in [1.807, 2.05) is 6.92 Å². The van der Waals surface area contributed by atoms with Gasteiger partial charge in [0.2, 0.25) is 0 Å². The van der Waals surface area contributed by atoms with Gasteiger partial charge in [-0.15, -0.1) is 0 Å². The summed E-state index contributed by atoms with van der Waals surface area (Å²) < 4.78 is 5.56. The van der Waals surface area contributed by atoms with E-state index in [1.165, 1.54) is 0 Å². The fraction of sp³-hybridized carbons (Fsp3) is 0.900. The van der Waals surface area contributed by atoms with Crippen molar-refractivity contribution in [3.05, 3.63) is 0 Å². The maximum atomic E-state index is 8.49. The van der Waals surface area contributed by atoms with Crippen LogP contribution in [0.2, 0.25) is 0 Å². The zero-order valence-electron chi connectivity index (χ0n) is 9.44. The van der Waals surface area contributed by atoms with E-state index in [0.29, 0.717) is 18.7 Å². The minimum absolute atomic E-state index is 0.0406. The van der Waals surface area contributed by atoms with E-state index in [-0.39, 0.29) is 11.8 Å². The van der Waals surface area contributed by atoms with E-state index in [4.69, 9.17) is 15.7 Å². The lowest BCUT2D eigenvalue weighted by Crippen LogP contribution is -2.41. The summed E-state index contributed by atoms with van der Waals surface area (Å²) in [4.78, 5) is 0. The van der Waals surface area contributed by atoms with Crippen LogP contribution in [-0.4, -0.2) is 36.3 Å². The number of hydrogen-bond acceptors (Lipinski definition) is 4. The van der Waals surface area contributed by atoms with Gasteiger partial charge in [0.1, 0.15) is 5.84 Å². The van der Waals surface area contributed by atoms with Crippen molar-refractivity contribution in [1.82, 2.24) is 5.32 Å². The fourth-order valence-corrected chi connectivity index (χ4v) is 1.69. The molecule has 5 nitrogen and oxygen atoms in total. The average molecular weight is 215 g/mol. The van der Waals surface area contributed by atoms with Crippen LogP contribution in [0.25, 0.3) is 0 Å². The Morgan fingerprint density at radius 1 is 1.67 bits per heavy atom. The van der Waals surface area contributed by atoms with Gasteiger partial charge in [-0.3, -0.25) is 0 Å². The highest BCUT2D eigenvalue weighted by molar-refractivity contribution is 5.82. The summed E-state index contributed by atoms with van der Waals surface area (Å²) in [7, 11) is 0. The van der Waals surface area contributed by atoms with E-state index >= 15 is 0 Å². The van der Waals surface area contributed by atoms with Gasteiger partial charge in [0.05, 0.1) is 6.10 Å². The Morgan fingerprint density at radius 3 is 2.93 bits per heavy atom. The molecule has 0 aromatic rings. The molecule has 0 saturated carbocycles. The number of amidine groups is 1. The number of nitrogens with two attached hydrogens (primary N) is 1. The molecular formula is C10H21N3O2. The number of nitrogens with zero attached hydrogens (tertiary/aromatic N) is 1. The van der Waals surface area contributed by atoms with Crippen LogP contribution in [0.15, 0.2) is 5.16 Å². The van der Waals surface area contributed by atoms with E-state index in [1.54, 1.807) is 0 Å². The van der Waals surface area contributed by atoms with Crippen molar-refractivity contribution in [3.63, 3.8) is 0 Å². The van der Waals surface area contributed by atoms with Gasteiger partial charge in [-0.05, 0) is 19.8 Å². The second-order valence-electron chi connectivity index (χ2n) is 4.17. The molecular weight excluding hydrogens is 194 g/mol. The molecule has 0 aromatic carbocycles. The topological polar surface area (TPSA) is 79.9 Å². The standard InChI is InChI=1S/C10H21N3O2/c1-7(10(11)13-14)6-12-8(2)9-4-3-5-15-9/h7-9,12,14H,3-6H2,1-2H3,(H2,11,13). The highest BCUT2D eigenvalue weighted by atomic mass is 16.5. The quantitative estimate of drug-likeness (QED) is 0.270. The van der Waals surface area contributed by atoms with Crippen LogP contribution in [0.4, 0.5) is 0 Å². The van der Waals surface area contributed by atoms with Gasteiger partial charge in [-0.1, -0.05) is 12.1 Å². The molecule has 1 aliphatic rings. The van der Waals surface area contributed by atoms with Gasteiger partial charge in [0, 0.05) is 25.1 Å². The normalized spacial score (nSPS) is 26.5. The third-order valence-electron chi connectivity index (χ3n) is 2.89. The van der Waals surface area contributed by atoms with Gasteiger partial charge in [0.25, 0.3) is 0 Å². The van der Waals surface area contributed by atoms with E-state index < -0.39 is 0 Å². The summed E-state index contributed by atoms with van der Waals surface area (Å²) in [6.07, 6.45) is 2.57. The number of rotatable bonds is 5. The van der Waals surface area contributed by atoms with Crippen LogP contribution in [0.5, 0.6) is 0 Å². The lowest BCUT2D eigenvalue weighted by atomic mass is 10.1. The Bertz CT molecular complexity index is 215. The van der Waals surface area contributed by atoms with E-state index in [9.17, 15) is 0 Å². The predicted octanol–water partition coefficient (Wildman–Crippen LogP) is 0.526. The molecule has 4 N–H and O–H groups in total. The molecule has 3 atom stereocenters. The largest absolute Gasteiger partial charge is 0.409 e. The third-order valence-corrected chi connectivity index (χ3v) is 2.89.